The Morgan fingerprint density at radius 1 is 1.13 bits per heavy atom. The first kappa shape index (κ1) is 19.5. The van der Waals surface area contributed by atoms with E-state index in [1.807, 2.05) is 36.4 Å². The summed E-state index contributed by atoms with van der Waals surface area (Å²) in [4.78, 5) is 32.4. The first-order valence-corrected chi connectivity index (χ1v) is 10.0. The van der Waals surface area contributed by atoms with E-state index in [2.05, 4.69) is 20.4 Å². The third-order valence-electron chi connectivity index (χ3n) is 4.26. The summed E-state index contributed by atoms with van der Waals surface area (Å²) >= 11 is 1.24. The van der Waals surface area contributed by atoms with E-state index in [4.69, 9.17) is 5.73 Å². The fourth-order valence-electron chi connectivity index (χ4n) is 2.94. The fraction of sp³-hybridized carbons (Fsp3) is 0.0952. The van der Waals surface area contributed by atoms with Gasteiger partial charge >= 0.3 is 0 Å². The zero-order valence-electron chi connectivity index (χ0n) is 15.9. The van der Waals surface area contributed by atoms with Gasteiger partial charge in [0.05, 0.1) is 24.2 Å². The van der Waals surface area contributed by atoms with Gasteiger partial charge in [-0.2, -0.15) is 5.10 Å². The summed E-state index contributed by atoms with van der Waals surface area (Å²) in [5.41, 5.74) is 8.47. The molecule has 1 aromatic carbocycles. The molecule has 0 aliphatic carbocycles. The van der Waals surface area contributed by atoms with Crippen molar-refractivity contribution in [3.63, 3.8) is 0 Å². The van der Waals surface area contributed by atoms with E-state index in [-0.39, 0.29) is 12.3 Å². The number of pyridine rings is 1. The Hall–Kier alpha value is -3.85. The Kier molecular flexibility index (Phi) is 5.62. The van der Waals surface area contributed by atoms with Gasteiger partial charge in [0.25, 0.3) is 5.91 Å². The van der Waals surface area contributed by atoms with E-state index in [0.717, 1.165) is 11.1 Å². The number of aromatic nitrogens is 4. The number of nitrogens with zero attached hydrogens (tertiary/aromatic N) is 4. The van der Waals surface area contributed by atoms with Crippen molar-refractivity contribution in [3.8, 4) is 11.3 Å². The van der Waals surface area contributed by atoms with E-state index >= 15 is 0 Å². The number of nitrogens with one attached hydrogen (secondary N) is 1. The van der Waals surface area contributed by atoms with Crippen molar-refractivity contribution in [2.24, 2.45) is 5.73 Å². The average molecular weight is 418 g/mol. The number of carbonyl (C=O) groups excluding carboxylic acids is 2. The van der Waals surface area contributed by atoms with Gasteiger partial charge in [0.15, 0.2) is 5.13 Å². The van der Waals surface area contributed by atoms with Crippen LogP contribution in [0, 0.1) is 0 Å². The molecule has 0 fully saturated rings. The highest BCUT2D eigenvalue weighted by molar-refractivity contribution is 7.14. The summed E-state index contributed by atoms with van der Waals surface area (Å²) in [5, 5.41) is 9.49. The van der Waals surface area contributed by atoms with Crippen LogP contribution in [0.1, 0.15) is 21.6 Å². The minimum absolute atomic E-state index is 0.0301. The number of anilines is 1. The number of hydrogen-bond acceptors (Lipinski definition) is 6. The van der Waals surface area contributed by atoms with Crippen molar-refractivity contribution in [3.05, 3.63) is 83.3 Å². The monoisotopic (exact) mass is 418 g/mol. The van der Waals surface area contributed by atoms with E-state index in [1.54, 1.807) is 34.7 Å². The minimum atomic E-state index is -0.473. The summed E-state index contributed by atoms with van der Waals surface area (Å²) in [6, 6.07) is 13.5. The number of nitrogens with two attached hydrogens (primary N) is 1. The number of thiazole rings is 1. The highest BCUT2D eigenvalue weighted by Gasteiger charge is 2.19. The lowest BCUT2D eigenvalue weighted by molar-refractivity contribution is -0.117. The Bertz CT molecular complexity index is 1170. The third kappa shape index (κ3) is 4.58. The highest BCUT2D eigenvalue weighted by atomic mass is 32.1. The molecule has 4 rings (SSSR count). The summed E-state index contributed by atoms with van der Waals surface area (Å²) < 4.78 is 1.73. The quantitative estimate of drug-likeness (QED) is 0.479. The lowest BCUT2D eigenvalue weighted by Crippen LogP contribution is -2.14. The van der Waals surface area contributed by atoms with Crippen molar-refractivity contribution in [1.82, 2.24) is 19.7 Å². The third-order valence-corrected chi connectivity index (χ3v) is 5.06. The van der Waals surface area contributed by atoms with Crippen LogP contribution < -0.4 is 11.1 Å². The molecule has 3 heterocycles. The largest absolute Gasteiger partial charge is 0.369 e. The van der Waals surface area contributed by atoms with Gasteiger partial charge in [0, 0.05) is 29.5 Å². The molecule has 0 radical (unpaired) electrons. The van der Waals surface area contributed by atoms with Crippen LogP contribution in [0.15, 0.2) is 66.4 Å². The molecule has 8 nitrogen and oxygen atoms in total. The molecule has 4 aromatic rings. The van der Waals surface area contributed by atoms with Crippen LogP contribution in [0.4, 0.5) is 5.13 Å². The van der Waals surface area contributed by atoms with Crippen LogP contribution in [0.3, 0.4) is 0 Å². The van der Waals surface area contributed by atoms with Gasteiger partial charge in [-0.1, -0.05) is 30.3 Å². The second kappa shape index (κ2) is 8.66. The predicted molar refractivity (Wildman–Crippen MR) is 114 cm³/mol. The average Bonchev–Trinajstić information content (AvgIpc) is 3.36. The van der Waals surface area contributed by atoms with Crippen molar-refractivity contribution >= 4 is 28.3 Å². The van der Waals surface area contributed by atoms with Gasteiger partial charge in [-0.25, -0.2) is 4.98 Å². The molecule has 0 bridgehead atoms. The molecule has 9 heteroatoms. The predicted octanol–water partition coefficient (Wildman–Crippen LogP) is 2.73. The maximum atomic E-state index is 13.0. The number of primary amides is 1. The summed E-state index contributed by atoms with van der Waals surface area (Å²) in [6.07, 6.45) is 5.07. The number of rotatable bonds is 7. The normalized spacial score (nSPS) is 10.7. The van der Waals surface area contributed by atoms with Gasteiger partial charge in [0.2, 0.25) is 5.91 Å². The first-order chi connectivity index (χ1) is 14.6. The van der Waals surface area contributed by atoms with Crippen LogP contribution in [0.2, 0.25) is 0 Å². The first-order valence-electron chi connectivity index (χ1n) is 9.14. The smallest absolute Gasteiger partial charge is 0.261 e. The van der Waals surface area contributed by atoms with E-state index in [9.17, 15) is 9.59 Å². The maximum absolute atomic E-state index is 13.0. The van der Waals surface area contributed by atoms with E-state index in [1.165, 1.54) is 11.3 Å². The summed E-state index contributed by atoms with van der Waals surface area (Å²) in [5.74, 6) is -0.813. The van der Waals surface area contributed by atoms with Crippen LogP contribution >= 0.6 is 11.3 Å². The van der Waals surface area contributed by atoms with Gasteiger partial charge < -0.3 is 5.73 Å². The minimum Gasteiger partial charge on any atom is -0.369 e. The van der Waals surface area contributed by atoms with Crippen molar-refractivity contribution in [2.75, 3.05) is 5.32 Å². The molecular formula is C21H18N6O2S. The molecule has 0 aliphatic heterocycles. The number of carbonyl (C=O) groups is 2. The Morgan fingerprint density at radius 3 is 2.70 bits per heavy atom. The van der Waals surface area contributed by atoms with Crippen molar-refractivity contribution < 1.29 is 9.59 Å². The van der Waals surface area contributed by atoms with Gasteiger partial charge in [-0.15, -0.1) is 11.3 Å². The molecule has 3 N–H and O–H groups in total. The molecule has 30 heavy (non-hydrogen) atoms. The molecule has 0 aliphatic rings. The van der Waals surface area contributed by atoms with Gasteiger partial charge in [-0.05, 0) is 17.7 Å². The zero-order chi connectivity index (χ0) is 20.9. The molecule has 0 unspecified atom stereocenters. The fourth-order valence-corrected chi connectivity index (χ4v) is 3.65. The Morgan fingerprint density at radius 2 is 1.97 bits per heavy atom. The summed E-state index contributed by atoms with van der Waals surface area (Å²) in [6.45, 7) is 0.529. The van der Waals surface area contributed by atoms with Crippen LogP contribution in [-0.4, -0.2) is 31.6 Å². The van der Waals surface area contributed by atoms with Crippen LogP contribution in [-0.2, 0) is 17.8 Å². The van der Waals surface area contributed by atoms with Gasteiger partial charge in [0.1, 0.15) is 5.69 Å². The standard InChI is InChI=1S/C21H18N6O2S/c22-18(28)9-16-13-30-21(24-16)25-20(29)17-12-27(11-14-5-2-1-3-6-14)26-19(17)15-7-4-8-23-10-15/h1-8,10,12-13H,9,11H2,(H2,22,28)(H,24,25,29). The molecule has 0 saturated heterocycles. The topological polar surface area (TPSA) is 116 Å². The number of hydrogen-bond donors (Lipinski definition) is 2. The Labute approximate surface area is 176 Å². The molecule has 0 atom stereocenters. The Balaban J connectivity index is 1.62. The number of amides is 2. The second-order valence-corrected chi connectivity index (χ2v) is 7.42. The van der Waals surface area contributed by atoms with Crippen molar-refractivity contribution in [2.45, 2.75) is 13.0 Å². The highest BCUT2D eigenvalue weighted by Crippen LogP contribution is 2.24. The molecule has 150 valence electrons. The second-order valence-electron chi connectivity index (χ2n) is 6.56. The molecule has 2 amide bonds. The SMILES string of the molecule is NC(=O)Cc1csc(NC(=O)c2cn(Cc3ccccc3)nc2-c2cccnc2)n1. The lowest BCUT2D eigenvalue weighted by atomic mass is 10.1. The molecule has 3 aromatic heterocycles. The van der Waals surface area contributed by atoms with Gasteiger partial charge in [-0.3, -0.25) is 24.6 Å². The van der Waals surface area contributed by atoms with E-state index < -0.39 is 5.91 Å². The summed E-state index contributed by atoms with van der Waals surface area (Å²) in [7, 11) is 0. The molecule has 0 spiro atoms. The number of benzene rings is 1. The van der Waals surface area contributed by atoms with E-state index in [0.29, 0.717) is 28.6 Å². The van der Waals surface area contributed by atoms with Crippen LogP contribution in [0.25, 0.3) is 11.3 Å². The zero-order valence-corrected chi connectivity index (χ0v) is 16.7. The van der Waals surface area contributed by atoms with Crippen molar-refractivity contribution in [1.29, 1.82) is 0 Å². The molecule has 0 saturated carbocycles. The molecular weight excluding hydrogens is 400 g/mol. The maximum Gasteiger partial charge on any atom is 0.261 e. The lowest BCUT2D eigenvalue weighted by Gasteiger charge is -2.02. The van der Waals surface area contributed by atoms with Crippen LogP contribution in [0.5, 0.6) is 0 Å².